The fraction of sp³-hybridized carbons (Fsp3) is 0.674. The van der Waals surface area contributed by atoms with E-state index >= 15 is 17.6 Å². The maximum absolute atomic E-state index is 16.4. The van der Waals surface area contributed by atoms with Crippen molar-refractivity contribution in [2.45, 2.75) is 261 Å². The van der Waals surface area contributed by atoms with Crippen molar-refractivity contribution in [2.24, 2.45) is 21.7 Å². The quantitative estimate of drug-likeness (QED) is 0.00617. The number of nitrogen functional groups attached to an aromatic ring is 1. The lowest BCUT2D eigenvalue weighted by molar-refractivity contribution is -0.149. The van der Waals surface area contributed by atoms with Crippen LogP contribution in [-0.4, -0.2) is 314 Å². The van der Waals surface area contributed by atoms with E-state index in [1.165, 1.54) is 132 Å². The van der Waals surface area contributed by atoms with E-state index in [4.69, 9.17) is 89.1 Å². The van der Waals surface area contributed by atoms with Gasteiger partial charge in [0.2, 0.25) is 24.8 Å². The zero-order valence-electron chi connectivity index (χ0n) is 84.8. The number of aliphatic hydroxyl groups excluding tert-OH is 1. The molecule has 9 aromatic rings. The molecule has 0 spiro atoms. The van der Waals surface area contributed by atoms with E-state index in [1.807, 2.05) is 0 Å². The summed E-state index contributed by atoms with van der Waals surface area (Å²) in [6.45, 7) is 49.0. The first-order valence-electron chi connectivity index (χ1n) is 45.7. The molecule has 0 radical (unpaired) electrons. The molecule has 4 fully saturated rings. The highest BCUT2D eigenvalue weighted by molar-refractivity contribution is 7.57. The van der Waals surface area contributed by atoms with Crippen LogP contribution in [0.1, 0.15) is 159 Å². The van der Waals surface area contributed by atoms with Crippen molar-refractivity contribution < 1.29 is 130 Å². The Labute approximate surface area is 828 Å². The van der Waals surface area contributed by atoms with E-state index in [0.29, 0.717) is 67.9 Å². The van der Waals surface area contributed by atoms with Crippen LogP contribution in [0.25, 0.3) is 54.3 Å². The van der Waals surface area contributed by atoms with E-state index in [0.717, 1.165) is 0 Å². The van der Waals surface area contributed by atoms with Crippen molar-refractivity contribution in [3.05, 3.63) is 83.7 Å². The van der Waals surface area contributed by atoms with Crippen LogP contribution in [0.4, 0.5) is 23.4 Å². The molecule has 4 aliphatic heterocycles. The average Bonchev–Trinajstić information content (AvgIpc) is 1.61. The van der Waals surface area contributed by atoms with Crippen molar-refractivity contribution in [3.8, 4) is 17.5 Å². The Balaban J connectivity index is 0.000000197. The number of nitrogens with one attached hydrogen (secondary N) is 5. The molecule has 0 aliphatic carbocycles. The number of alkyl halides is 4. The number of fused-ring (bicyclic) bond motifs is 4. The third kappa shape index (κ3) is 26.9. The number of esters is 4. The number of tetrazole rings is 1. The largest absolute Gasteiger partial charge is 0.494 e. The lowest BCUT2D eigenvalue weighted by atomic mass is 9.78. The number of aromatic nitrogens is 19. The zero-order valence-corrected chi connectivity index (χ0v) is 88.4. The summed E-state index contributed by atoms with van der Waals surface area (Å²) in [5.74, 6) is 0.311. The van der Waals surface area contributed by atoms with Gasteiger partial charge in [-0.3, -0.25) is 55.7 Å². The number of hydrogen-bond donors (Lipinski definition) is 7. The summed E-state index contributed by atoms with van der Waals surface area (Å²) in [6.07, 6.45) is -9.12. The van der Waals surface area contributed by atoms with Gasteiger partial charge in [0.15, 0.2) is 94.9 Å². The number of halogens is 4. The third-order valence-electron chi connectivity index (χ3n) is 23.9. The Kier molecular flexibility index (Phi) is 38.1. The molecule has 24 atom stereocenters. The predicted molar refractivity (Wildman–Crippen MR) is 511 cm³/mol. The molecule has 8 unspecified atom stereocenters. The lowest BCUT2D eigenvalue weighted by Crippen LogP contribution is -2.41. The number of pyridine rings is 1. The van der Waals surface area contributed by atoms with Gasteiger partial charge in [-0.25, -0.2) is 95.9 Å². The Bertz CT molecular complexity index is 6280. The highest BCUT2D eigenvalue weighted by atomic mass is 31.2. The number of ether oxygens (including phenoxy) is 11. The van der Waals surface area contributed by atoms with Crippen LogP contribution in [0.5, 0.6) is 17.5 Å². The lowest BCUT2D eigenvalue weighted by Gasteiger charge is -2.31. The summed E-state index contributed by atoms with van der Waals surface area (Å²) >= 11 is 0. The molecule has 50 nitrogen and oxygen atoms in total. The number of imidazole rings is 4. The maximum atomic E-state index is 16.4. The van der Waals surface area contributed by atoms with E-state index in [1.54, 1.807) is 103 Å². The van der Waals surface area contributed by atoms with Gasteiger partial charge in [0.1, 0.15) is 69.3 Å². The average molecular weight is 2110 g/mol. The van der Waals surface area contributed by atoms with Gasteiger partial charge in [0.25, 0.3) is 30.1 Å². The van der Waals surface area contributed by atoms with Crippen LogP contribution in [0.15, 0.2) is 37.6 Å². The van der Waals surface area contributed by atoms with Gasteiger partial charge in [0.05, 0.1) is 134 Å². The fourth-order valence-corrected chi connectivity index (χ4v) is 21.3. The molecule has 0 amide bonds. The number of carbonyl (C=O) groups excluding carboxylic acids is 4. The van der Waals surface area contributed by atoms with Crippen LogP contribution in [0, 0.1) is 55.6 Å². The van der Waals surface area contributed by atoms with Gasteiger partial charge in [-0.15, -0.1) is 10.2 Å². The molecular formula is C86H128F4N26O24P4. The minimum absolute atomic E-state index is 0.0394. The molecule has 9 aromatic heterocycles. The molecule has 144 heavy (non-hydrogen) atoms. The molecule has 4 aliphatic rings. The van der Waals surface area contributed by atoms with Crippen molar-refractivity contribution in [3.63, 3.8) is 0 Å². The van der Waals surface area contributed by atoms with E-state index < -0.39 is 180 Å². The van der Waals surface area contributed by atoms with Crippen molar-refractivity contribution in [2.75, 3.05) is 99.8 Å². The van der Waals surface area contributed by atoms with Crippen molar-refractivity contribution in [1.29, 1.82) is 0 Å². The molecule has 0 bridgehead atoms. The summed E-state index contributed by atoms with van der Waals surface area (Å²) in [7, 11) is -9.67. The standard InChI is InChI=1S/C22H33FN9O6P.C22H32FN6O6P.C21H31FN7O5P.C21H32FN4O7P/c1-11(2)37-21(33)12(3)29-39(7,34)36-9-14-22(5,8-15-27-30-31-28-15)17(23)20(38-14)32-10-24-16-18(32)25-13(4)26-19(16)35-6;1-12(2)34-21(30)13(3)28-36(8,31)33-9-15-22(5,10-24-6)17(23)20(35-15)29-11-25-16-18(29)26-14(4)27-19(16)32-7;1-11(2)33-20(30)12(3)28-35(7,31)32-8-14-21(5,9-24-6)16(22)19(34-14)29-10-25-15-17(23)26-13(4)27-18(15)29;1-12(2)32-20(28)13(3)25-34(6,29)31-9-15-21(4,10-27)17(22)19(33-15)26-11-24-16-14(30-5)7-8-23-18(16)26/h10-12,14,17,20H,8-9H2,1-7H3,(H,29,34)(H,27,28,30,31);11-13,15,17,20H,9-10H2,1-5,7-8H3,(H,28,31);10-12,14,16,19H,8-9H2,1-5,7H3,(H,28,31)(H2,23,26,27);7-8,11-13,15,17,19,27H,9-10H2,1-6H3,(H,25,29)/t12-,14+,17-,20+,22?,39?;13-,15+,17-,20+,22?,36?;12-,14+,16-,19+,21?,35?;13-,15+,17-,19+,21?,34?/m0000/s1. The Morgan fingerprint density at radius 2 is 0.771 bits per heavy atom. The normalized spacial score (nSPS) is 26.6. The molecule has 794 valence electrons. The summed E-state index contributed by atoms with van der Waals surface area (Å²) < 4.78 is 205. The molecule has 0 aromatic carbocycles. The highest BCUT2D eigenvalue weighted by Gasteiger charge is 2.62. The SMILES string of the molecule is COc1ccnc2c1ncn2[C@@H]1O[C@H](COP(C)(=O)N[C@@H](C)C(=O)OC(C)C)C(C)(CO)[C@H]1F.COc1nc(C)nc2c1ncn2[C@@H]1O[C@H](COP(C)(=O)N[C@@H](C)C(=O)OC(C)C)C(C)(Cc2nn[nH]n2)[C@H]1F.[C-]#[N+]CC1(C)[C@@H](COP(C)(=O)N[C@@H](C)C(=O)OC(C)C)O[C@@H](n2cnc3c(N)nc(C)nc32)[C@@H]1F.[C-]#[N+]CC1(C)[C@@H](COP(C)(=O)N[C@@H](C)C(=O)OC(C)C)O[C@@H](n2cnc3c(OC)nc(C)nc32)[C@@H]1F. The van der Waals surface area contributed by atoms with E-state index in [9.17, 15) is 42.5 Å². The Hall–Kier alpha value is -10.5. The van der Waals surface area contributed by atoms with Gasteiger partial charge in [-0.2, -0.15) is 15.2 Å². The monoisotopic (exact) mass is 2110 g/mol. The van der Waals surface area contributed by atoms with E-state index in [2.05, 4.69) is 105 Å². The van der Waals surface area contributed by atoms with Gasteiger partial charge in [-0.1, -0.05) is 19.1 Å². The van der Waals surface area contributed by atoms with Gasteiger partial charge in [-0.05, 0) is 118 Å². The fourth-order valence-electron chi connectivity index (χ4n) is 16.1. The Morgan fingerprint density at radius 1 is 0.465 bits per heavy atom. The molecule has 58 heteroatoms. The van der Waals surface area contributed by atoms with Crippen LogP contribution in [0.3, 0.4) is 0 Å². The molecule has 8 N–H and O–H groups in total. The number of rotatable bonds is 40. The number of anilines is 1. The minimum atomic E-state index is -3.54. The van der Waals surface area contributed by atoms with Crippen LogP contribution in [0.2, 0.25) is 0 Å². The number of aryl methyl sites for hydroxylation is 3. The number of nitrogens with two attached hydrogens (primary N) is 1. The summed E-state index contributed by atoms with van der Waals surface area (Å²) in [5, 5.41) is 34.5. The van der Waals surface area contributed by atoms with Gasteiger partial charge in [0, 0.05) is 50.8 Å². The number of carbonyl (C=O) groups is 4. The van der Waals surface area contributed by atoms with Crippen LogP contribution < -0.4 is 40.3 Å². The molecule has 13 heterocycles. The minimum Gasteiger partial charge on any atom is -0.494 e. The topological polar surface area (TPSA) is 594 Å². The number of aliphatic hydroxyl groups is 1. The second-order valence-corrected chi connectivity index (χ2v) is 46.3. The second kappa shape index (κ2) is 47.6. The number of H-pyrrole nitrogens is 1. The third-order valence-corrected chi connectivity index (χ3v) is 29.9. The Morgan fingerprint density at radius 3 is 1.09 bits per heavy atom. The predicted octanol–water partition coefficient (Wildman–Crippen LogP) is 10.1. The van der Waals surface area contributed by atoms with Crippen molar-refractivity contribution in [1.82, 2.24) is 114 Å². The number of aromatic amines is 1. The highest BCUT2D eigenvalue weighted by Crippen LogP contribution is 2.55. The van der Waals surface area contributed by atoms with Crippen LogP contribution in [-0.2, 0) is 99.8 Å². The summed E-state index contributed by atoms with van der Waals surface area (Å²) in [6, 6.07) is -1.92. The second-order valence-electron chi connectivity index (χ2n) is 37.4. The summed E-state index contributed by atoms with van der Waals surface area (Å²) in [4.78, 5) is 102. The molecular weight excluding hydrogens is 1980 g/mol. The van der Waals surface area contributed by atoms with E-state index in [-0.39, 0.29) is 93.8 Å². The number of nitrogens with zero attached hydrogens (tertiary/aromatic N) is 20. The smallest absolute Gasteiger partial charge is 0.323 e. The molecule has 13 rings (SSSR count). The van der Waals surface area contributed by atoms with Crippen molar-refractivity contribution >= 4 is 104 Å². The number of methoxy groups -OCH3 is 3. The maximum Gasteiger partial charge on any atom is 0.323 e. The van der Waals surface area contributed by atoms with Gasteiger partial charge >= 0.3 is 23.9 Å². The first kappa shape index (κ1) is 115. The van der Waals surface area contributed by atoms with Gasteiger partial charge < -0.3 is 90.7 Å². The zero-order chi connectivity index (χ0) is 107. The molecule has 0 saturated carbocycles. The summed E-state index contributed by atoms with van der Waals surface area (Å²) in [5.41, 5.74) is 3.51. The first-order chi connectivity index (χ1) is 67.4. The van der Waals surface area contributed by atoms with Crippen LogP contribution >= 0.6 is 30.1 Å². The number of hydrogen-bond acceptors (Lipinski definition) is 39. The molecule has 4 saturated heterocycles. The first-order valence-corrected chi connectivity index (χ1v) is 54.0.